The van der Waals surface area contributed by atoms with Crippen molar-refractivity contribution in [3.05, 3.63) is 67.8 Å². The van der Waals surface area contributed by atoms with Gasteiger partial charge in [-0.1, -0.05) is 18.2 Å². The van der Waals surface area contributed by atoms with Crippen LogP contribution in [0.25, 0.3) is 4.96 Å². The Bertz CT molecular complexity index is 1150. The number of thiazole rings is 1. The van der Waals surface area contributed by atoms with Crippen LogP contribution in [0.5, 0.6) is 0 Å². The van der Waals surface area contributed by atoms with Crippen LogP contribution >= 0.6 is 11.3 Å². The van der Waals surface area contributed by atoms with Gasteiger partial charge in [0.15, 0.2) is 4.96 Å². The molecule has 6 nitrogen and oxygen atoms in total. The number of fused-ring (bicyclic) bond motifs is 1. The van der Waals surface area contributed by atoms with Gasteiger partial charge in [-0.2, -0.15) is 0 Å². The second kappa shape index (κ2) is 6.79. The fraction of sp³-hybridized carbons (Fsp3) is 0.350. The summed E-state index contributed by atoms with van der Waals surface area (Å²) in [7, 11) is 0. The molecule has 0 spiro atoms. The van der Waals surface area contributed by atoms with Crippen molar-refractivity contribution in [1.29, 1.82) is 0 Å². The van der Waals surface area contributed by atoms with Crippen molar-refractivity contribution in [3.63, 3.8) is 0 Å². The lowest BCUT2D eigenvalue weighted by Crippen LogP contribution is -2.28. The molecule has 0 atom stereocenters. The third-order valence-electron chi connectivity index (χ3n) is 4.97. The highest BCUT2D eigenvalue weighted by Crippen LogP contribution is 2.46. The Kier molecular flexibility index (Phi) is 4.55. The minimum absolute atomic E-state index is 0.134. The van der Waals surface area contributed by atoms with E-state index in [1.54, 1.807) is 25.1 Å². The number of aromatic nitrogens is 2. The molecule has 146 valence electrons. The molecular formula is C20H20FN3O3S. The van der Waals surface area contributed by atoms with Crippen LogP contribution in [0.3, 0.4) is 0 Å². The number of carbonyl (C=O) groups is 1. The molecule has 2 N–H and O–H groups in total. The van der Waals surface area contributed by atoms with Crippen LogP contribution in [0.4, 0.5) is 4.39 Å². The van der Waals surface area contributed by atoms with Gasteiger partial charge >= 0.3 is 0 Å². The van der Waals surface area contributed by atoms with Crippen LogP contribution in [0.1, 0.15) is 52.0 Å². The van der Waals surface area contributed by atoms with Gasteiger partial charge < -0.3 is 10.4 Å². The van der Waals surface area contributed by atoms with E-state index in [4.69, 9.17) is 0 Å². The molecular weight excluding hydrogens is 381 g/mol. The lowest BCUT2D eigenvalue weighted by molar-refractivity contribution is 0.0949. The number of halogens is 1. The summed E-state index contributed by atoms with van der Waals surface area (Å²) in [5, 5.41) is 12.9. The van der Waals surface area contributed by atoms with E-state index >= 15 is 0 Å². The monoisotopic (exact) mass is 401 g/mol. The van der Waals surface area contributed by atoms with Crippen LogP contribution < -0.4 is 10.9 Å². The molecule has 1 amide bonds. The molecule has 0 aliphatic heterocycles. The third-order valence-corrected chi connectivity index (χ3v) is 5.93. The SMILES string of the molecule is CCNC(=O)c1c(C)sc2nc(Cc3cccc(C4(O)CC4)c3F)cc(=O)n12. The molecule has 0 saturated heterocycles. The van der Waals surface area contributed by atoms with Gasteiger partial charge in [0.1, 0.15) is 11.5 Å². The summed E-state index contributed by atoms with van der Waals surface area (Å²) in [6, 6.07) is 6.27. The first-order valence-corrected chi connectivity index (χ1v) is 9.96. The largest absolute Gasteiger partial charge is 0.385 e. The summed E-state index contributed by atoms with van der Waals surface area (Å²) in [6.07, 6.45) is 1.24. The van der Waals surface area contributed by atoms with Gasteiger partial charge in [-0.25, -0.2) is 13.8 Å². The number of aryl methyl sites for hydroxylation is 1. The number of nitrogens with zero attached hydrogens (tertiary/aromatic N) is 2. The minimum Gasteiger partial charge on any atom is -0.385 e. The number of rotatable bonds is 5. The highest BCUT2D eigenvalue weighted by Gasteiger charge is 2.44. The van der Waals surface area contributed by atoms with E-state index in [1.807, 2.05) is 6.92 Å². The van der Waals surface area contributed by atoms with Crippen molar-refractivity contribution in [1.82, 2.24) is 14.7 Å². The zero-order chi connectivity index (χ0) is 20.1. The molecule has 3 aromatic rings. The van der Waals surface area contributed by atoms with Crippen molar-refractivity contribution in [2.24, 2.45) is 0 Å². The number of aliphatic hydroxyl groups is 1. The first kappa shape index (κ1) is 18.8. The molecule has 0 unspecified atom stereocenters. The second-order valence-corrected chi connectivity index (χ2v) is 8.24. The zero-order valence-electron chi connectivity index (χ0n) is 15.6. The maximum absolute atomic E-state index is 14.8. The second-order valence-electron chi connectivity index (χ2n) is 7.06. The van der Waals surface area contributed by atoms with Crippen LogP contribution in [-0.4, -0.2) is 26.9 Å². The van der Waals surface area contributed by atoms with E-state index in [9.17, 15) is 19.1 Å². The first-order valence-electron chi connectivity index (χ1n) is 9.14. The Morgan fingerprint density at radius 1 is 1.43 bits per heavy atom. The maximum atomic E-state index is 14.8. The Hall–Kier alpha value is -2.58. The normalized spacial score (nSPS) is 15.0. The minimum atomic E-state index is -1.07. The highest BCUT2D eigenvalue weighted by molar-refractivity contribution is 7.17. The molecule has 1 aliphatic carbocycles. The lowest BCUT2D eigenvalue weighted by Gasteiger charge is -2.12. The molecule has 8 heteroatoms. The van der Waals surface area contributed by atoms with E-state index in [0.29, 0.717) is 46.0 Å². The molecule has 1 fully saturated rings. The predicted molar refractivity (Wildman–Crippen MR) is 104 cm³/mol. The van der Waals surface area contributed by atoms with E-state index in [0.717, 1.165) is 0 Å². The quantitative estimate of drug-likeness (QED) is 0.688. The lowest BCUT2D eigenvalue weighted by atomic mass is 10.0. The Morgan fingerprint density at radius 2 is 2.18 bits per heavy atom. The number of hydrogen-bond acceptors (Lipinski definition) is 5. The van der Waals surface area contributed by atoms with Crippen LogP contribution in [0, 0.1) is 12.7 Å². The average Bonchev–Trinajstić information content (AvgIpc) is 3.28. The summed E-state index contributed by atoms with van der Waals surface area (Å²) in [6.45, 7) is 4.03. The maximum Gasteiger partial charge on any atom is 0.269 e. The summed E-state index contributed by atoms with van der Waals surface area (Å²) in [4.78, 5) is 30.5. The van der Waals surface area contributed by atoms with Gasteiger partial charge in [0.05, 0.1) is 11.3 Å². The molecule has 0 bridgehead atoms. The molecule has 1 aromatic carbocycles. The van der Waals surface area contributed by atoms with Crippen LogP contribution in [0.15, 0.2) is 29.1 Å². The van der Waals surface area contributed by atoms with E-state index in [-0.39, 0.29) is 23.6 Å². The summed E-state index contributed by atoms with van der Waals surface area (Å²) in [5.74, 6) is -0.769. The van der Waals surface area contributed by atoms with E-state index in [1.165, 1.54) is 21.8 Å². The molecule has 4 rings (SSSR count). The summed E-state index contributed by atoms with van der Waals surface area (Å²) in [5.41, 5.74) is -0.0474. The number of hydrogen-bond donors (Lipinski definition) is 2. The molecule has 2 aromatic heterocycles. The number of benzene rings is 1. The average molecular weight is 401 g/mol. The molecule has 0 radical (unpaired) electrons. The van der Waals surface area contributed by atoms with E-state index < -0.39 is 11.4 Å². The van der Waals surface area contributed by atoms with Gasteiger partial charge in [0, 0.05) is 29.5 Å². The third kappa shape index (κ3) is 3.12. The van der Waals surface area contributed by atoms with Crippen LogP contribution in [-0.2, 0) is 12.0 Å². The zero-order valence-corrected chi connectivity index (χ0v) is 16.4. The molecule has 28 heavy (non-hydrogen) atoms. The van der Waals surface area contributed by atoms with Crippen LogP contribution in [0.2, 0.25) is 0 Å². The van der Waals surface area contributed by atoms with Gasteiger partial charge in [0.2, 0.25) is 0 Å². The topological polar surface area (TPSA) is 83.7 Å². The van der Waals surface area contributed by atoms with Crippen molar-refractivity contribution >= 4 is 22.2 Å². The number of nitrogens with one attached hydrogen (secondary N) is 1. The van der Waals surface area contributed by atoms with Gasteiger partial charge in [-0.15, -0.1) is 11.3 Å². The van der Waals surface area contributed by atoms with Crippen molar-refractivity contribution in [2.45, 2.75) is 38.7 Å². The fourth-order valence-corrected chi connectivity index (χ4v) is 4.37. The summed E-state index contributed by atoms with van der Waals surface area (Å²) < 4.78 is 16.1. The Morgan fingerprint density at radius 3 is 2.86 bits per heavy atom. The molecule has 2 heterocycles. The standard InChI is InChI=1S/C20H20FN3O3S/c1-3-22-18(26)17-11(2)28-19-23-13(10-15(25)24(17)19)9-12-5-4-6-14(16(12)21)20(27)7-8-20/h4-6,10,27H,3,7-9H2,1-2H3,(H,22,26). The van der Waals surface area contributed by atoms with Gasteiger partial charge in [0.25, 0.3) is 11.5 Å². The predicted octanol–water partition coefficient (Wildman–Crippen LogP) is 2.53. The number of carbonyl (C=O) groups excluding carboxylic acids is 1. The number of amides is 1. The van der Waals surface area contributed by atoms with E-state index in [2.05, 4.69) is 10.3 Å². The molecule has 1 saturated carbocycles. The molecule has 1 aliphatic rings. The van der Waals surface area contributed by atoms with Gasteiger partial charge in [-0.05, 0) is 32.3 Å². The summed E-state index contributed by atoms with van der Waals surface area (Å²) >= 11 is 1.25. The van der Waals surface area contributed by atoms with Crippen molar-refractivity contribution < 1.29 is 14.3 Å². The Balaban J connectivity index is 1.74. The Labute approximate surface area is 164 Å². The fourth-order valence-electron chi connectivity index (χ4n) is 3.38. The van der Waals surface area contributed by atoms with Gasteiger partial charge in [-0.3, -0.25) is 9.59 Å². The van der Waals surface area contributed by atoms with Crippen molar-refractivity contribution in [2.75, 3.05) is 6.54 Å². The highest BCUT2D eigenvalue weighted by atomic mass is 32.1. The van der Waals surface area contributed by atoms with Crippen molar-refractivity contribution in [3.8, 4) is 0 Å². The first-order chi connectivity index (χ1) is 13.3. The smallest absolute Gasteiger partial charge is 0.269 e.